The summed E-state index contributed by atoms with van der Waals surface area (Å²) in [6.45, 7) is 2.75. The molecule has 162 valence electrons. The molecule has 0 saturated carbocycles. The second-order valence-electron chi connectivity index (χ2n) is 8.04. The molecule has 3 aromatic rings. The number of amides is 2. The summed E-state index contributed by atoms with van der Waals surface area (Å²) in [4.78, 5) is 32.5. The van der Waals surface area contributed by atoms with E-state index in [0.717, 1.165) is 24.8 Å². The molecule has 31 heavy (non-hydrogen) atoms. The number of hydrogen-bond acceptors (Lipinski definition) is 4. The zero-order chi connectivity index (χ0) is 21.8. The maximum Gasteiger partial charge on any atom is 0.242 e. The summed E-state index contributed by atoms with van der Waals surface area (Å²) in [5.41, 5.74) is 2.66. The highest BCUT2D eigenvalue weighted by molar-refractivity contribution is 6.35. The summed E-state index contributed by atoms with van der Waals surface area (Å²) in [5.74, 6) is 0.0159. The van der Waals surface area contributed by atoms with Crippen molar-refractivity contribution in [3.05, 3.63) is 64.9 Å². The van der Waals surface area contributed by atoms with Gasteiger partial charge in [0.1, 0.15) is 11.7 Å². The first-order valence-corrected chi connectivity index (χ1v) is 10.9. The molecule has 0 radical (unpaired) electrons. The fraction of sp³-hybridized carbons (Fsp3) is 0.348. The van der Waals surface area contributed by atoms with Crippen molar-refractivity contribution in [2.45, 2.75) is 38.4 Å². The molecule has 0 unspecified atom stereocenters. The summed E-state index contributed by atoms with van der Waals surface area (Å²) < 4.78 is 0. The van der Waals surface area contributed by atoms with Gasteiger partial charge in [0.25, 0.3) is 0 Å². The minimum atomic E-state index is -0.633. The number of aromatic amines is 1. The Morgan fingerprint density at radius 1 is 1.23 bits per heavy atom. The van der Waals surface area contributed by atoms with Crippen LogP contribution >= 0.6 is 11.6 Å². The number of nitrogens with zero attached hydrogens (tertiary/aromatic N) is 1. The van der Waals surface area contributed by atoms with Crippen LogP contribution in [0.15, 0.2) is 48.7 Å². The van der Waals surface area contributed by atoms with Gasteiger partial charge in [-0.2, -0.15) is 0 Å². The third-order valence-electron chi connectivity index (χ3n) is 5.65. The van der Waals surface area contributed by atoms with E-state index in [1.807, 2.05) is 30.3 Å². The number of hydrogen-bond donors (Lipinski definition) is 4. The van der Waals surface area contributed by atoms with Gasteiger partial charge in [0.2, 0.25) is 11.8 Å². The molecule has 1 aliphatic heterocycles. The van der Waals surface area contributed by atoms with Gasteiger partial charge in [-0.3, -0.25) is 9.59 Å². The lowest BCUT2D eigenvalue weighted by molar-refractivity contribution is -0.129. The summed E-state index contributed by atoms with van der Waals surface area (Å²) >= 11 is 6.06. The number of carbonyl (C=O) groups excluding carboxylic acids is 2. The summed E-state index contributed by atoms with van der Waals surface area (Å²) in [7, 11) is 0. The van der Waals surface area contributed by atoms with Crippen LogP contribution < -0.4 is 16.0 Å². The highest BCUT2D eigenvalue weighted by atomic mass is 35.5. The molecular weight excluding hydrogens is 414 g/mol. The topological polar surface area (TPSA) is 98.9 Å². The van der Waals surface area contributed by atoms with Gasteiger partial charge in [0.05, 0.1) is 23.3 Å². The van der Waals surface area contributed by atoms with E-state index in [2.05, 4.69) is 38.1 Å². The Morgan fingerprint density at radius 3 is 2.84 bits per heavy atom. The van der Waals surface area contributed by atoms with Crippen molar-refractivity contribution in [1.82, 2.24) is 25.9 Å². The zero-order valence-electron chi connectivity index (χ0n) is 17.3. The van der Waals surface area contributed by atoms with Crippen LogP contribution in [0.2, 0.25) is 5.02 Å². The Labute approximate surface area is 186 Å². The lowest BCUT2D eigenvalue weighted by Crippen LogP contribution is -2.50. The van der Waals surface area contributed by atoms with E-state index in [1.165, 1.54) is 5.56 Å². The van der Waals surface area contributed by atoms with Gasteiger partial charge in [-0.15, -0.1) is 0 Å². The standard InChI is InChI=1S/C23H26ClN5O2/c1-14(22(30)27-12-17-7-8-18-19(24)13-26-21(18)29-17)28-23(31)20-10-16(11-25-20)9-15-5-3-2-4-6-15/h2-8,13-14,16,20,25H,9-12H2,1H3,(H,26,29)(H,27,30)(H,28,31)/t14-,16-,20+/m0/s1. The molecule has 2 aromatic heterocycles. The summed E-state index contributed by atoms with van der Waals surface area (Å²) in [6, 6.07) is 13.1. The number of carbonyl (C=O) groups is 2. The molecule has 4 N–H and O–H groups in total. The molecule has 0 spiro atoms. The average molecular weight is 440 g/mol. The predicted molar refractivity (Wildman–Crippen MR) is 121 cm³/mol. The first-order valence-electron chi connectivity index (χ1n) is 10.5. The maximum absolute atomic E-state index is 12.6. The van der Waals surface area contributed by atoms with Crippen LogP contribution in [0.5, 0.6) is 0 Å². The number of benzene rings is 1. The van der Waals surface area contributed by atoms with E-state index in [-0.39, 0.29) is 24.4 Å². The van der Waals surface area contributed by atoms with Gasteiger partial charge >= 0.3 is 0 Å². The molecule has 3 heterocycles. The normalized spacial score (nSPS) is 19.3. The van der Waals surface area contributed by atoms with Crippen molar-refractivity contribution in [1.29, 1.82) is 0 Å². The average Bonchev–Trinajstić information content (AvgIpc) is 3.39. The van der Waals surface area contributed by atoms with E-state index < -0.39 is 6.04 Å². The van der Waals surface area contributed by atoms with Crippen LogP contribution in [0, 0.1) is 5.92 Å². The molecule has 7 nitrogen and oxygen atoms in total. The molecule has 1 aromatic carbocycles. The fourth-order valence-electron chi connectivity index (χ4n) is 3.93. The highest BCUT2D eigenvalue weighted by Crippen LogP contribution is 2.21. The van der Waals surface area contributed by atoms with Gasteiger partial charge in [-0.05, 0) is 49.9 Å². The van der Waals surface area contributed by atoms with Crippen molar-refractivity contribution in [2.75, 3.05) is 6.54 Å². The fourth-order valence-corrected chi connectivity index (χ4v) is 4.14. The van der Waals surface area contributed by atoms with Gasteiger partial charge < -0.3 is 20.9 Å². The third kappa shape index (κ3) is 5.24. The Hall–Kier alpha value is -2.90. The molecule has 2 amide bonds. The minimum Gasteiger partial charge on any atom is -0.349 e. The van der Waals surface area contributed by atoms with Crippen LogP contribution in [-0.4, -0.2) is 40.4 Å². The first-order chi connectivity index (χ1) is 15.0. The van der Waals surface area contributed by atoms with E-state index in [0.29, 0.717) is 22.3 Å². The van der Waals surface area contributed by atoms with Crippen molar-refractivity contribution in [3.63, 3.8) is 0 Å². The largest absolute Gasteiger partial charge is 0.349 e. The van der Waals surface area contributed by atoms with Gasteiger partial charge in [0.15, 0.2) is 0 Å². The van der Waals surface area contributed by atoms with Crippen LogP contribution in [0.1, 0.15) is 24.6 Å². The molecule has 4 rings (SSSR count). The lowest BCUT2D eigenvalue weighted by atomic mass is 9.96. The number of fused-ring (bicyclic) bond motifs is 1. The highest BCUT2D eigenvalue weighted by Gasteiger charge is 2.30. The Kier molecular flexibility index (Phi) is 6.53. The van der Waals surface area contributed by atoms with Crippen molar-refractivity contribution in [2.24, 2.45) is 5.92 Å². The van der Waals surface area contributed by atoms with E-state index in [9.17, 15) is 9.59 Å². The Balaban J connectivity index is 1.24. The Bertz CT molecular complexity index is 1070. The quantitative estimate of drug-likeness (QED) is 0.454. The summed E-state index contributed by atoms with van der Waals surface area (Å²) in [6.07, 6.45) is 3.38. The molecule has 8 heteroatoms. The van der Waals surface area contributed by atoms with Gasteiger partial charge in [-0.25, -0.2) is 4.98 Å². The number of rotatable bonds is 7. The zero-order valence-corrected chi connectivity index (χ0v) is 18.1. The number of H-pyrrole nitrogens is 1. The van der Waals surface area contributed by atoms with Crippen molar-refractivity contribution in [3.8, 4) is 0 Å². The van der Waals surface area contributed by atoms with E-state index >= 15 is 0 Å². The number of aromatic nitrogens is 2. The summed E-state index contributed by atoms with van der Waals surface area (Å²) in [5, 5.41) is 10.4. The first kappa shape index (κ1) is 21.3. The van der Waals surface area contributed by atoms with Crippen molar-refractivity contribution < 1.29 is 9.59 Å². The molecule has 0 aliphatic carbocycles. The number of halogens is 1. The van der Waals surface area contributed by atoms with E-state index in [1.54, 1.807) is 13.1 Å². The molecule has 1 aliphatic rings. The smallest absolute Gasteiger partial charge is 0.242 e. The van der Waals surface area contributed by atoms with Gasteiger partial charge in [-0.1, -0.05) is 41.9 Å². The molecular formula is C23H26ClN5O2. The van der Waals surface area contributed by atoms with Crippen LogP contribution in [0.4, 0.5) is 0 Å². The second kappa shape index (κ2) is 9.49. The van der Waals surface area contributed by atoms with Crippen molar-refractivity contribution >= 4 is 34.4 Å². The third-order valence-corrected chi connectivity index (χ3v) is 5.96. The lowest BCUT2D eigenvalue weighted by Gasteiger charge is -2.17. The van der Waals surface area contributed by atoms with Crippen LogP contribution in [0.3, 0.4) is 0 Å². The van der Waals surface area contributed by atoms with Crippen LogP contribution in [0.25, 0.3) is 11.0 Å². The molecule has 0 bridgehead atoms. The minimum absolute atomic E-state index is 0.140. The second-order valence-corrected chi connectivity index (χ2v) is 8.44. The molecule has 1 fully saturated rings. The maximum atomic E-state index is 12.6. The monoisotopic (exact) mass is 439 g/mol. The SMILES string of the molecule is C[C@H](NC(=O)[C@H]1C[C@H](Cc2ccccc2)CN1)C(=O)NCc1ccc2c(Cl)c[nH]c2n1. The molecule has 3 atom stereocenters. The van der Waals surface area contributed by atoms with Gasteiger partial charge in [0, 0.05) is 11.6 Å². The predicted octanol–water partition coefficient (Wildman–Crippen LogP) is 2.56. The van der Waals surface area contributed by atoms with E-state index in [4.69, 9.17) is 11.6 Å². The van der Waals surface area contributed by atoms with Crippen LogP contribution in [-0.2, 0) is 22.6 Å². The Morgan fingerprint density at radius 2 is 2.03 bits per heavy atom. The molecule has 1 saturated heterocycles. The number of pyridine rings is 1. The number of nitrogens with one attached hydrogen (secondary N) is 4.